The van der Waals surface area contributed by atoms with Crippen molar-refractivity contribution in [3.8, 4) is 0 Å². The van der Waals surface area contributed by atoms with E-state index in [9.17, 15) is 9.59 Å². The number of benzene rings is 1. The van der Waals surface area contributed by atoms with Crippen LogP contribution in [0.4, 0.5) is 0 Å². The van der Waals surface area contributed by atoms with Crippen molar-refractivity contribution in [2.75, 3.05) is 13.6 Å². The molecule has 0 radical (unpaired) electrons. The van der Waals surface area contributed by atoms with Crippen molar-refractivity contribution in [2.24, 2.45) is 0 Å². The van der Waals surface area contributed by atoms with E-state index in [0.29, 0.717) is 6.42 Å². The first-order chi connectivity index (χ1) is 9.86. The Balaban J connectivity index is 2.61. The maximum absolute atomic E-state index is 12.0. The van der Waals surface area contributed by atoms with Gasteiger partial charge in [-0.3, -0.25) is 14.5 Å². The van der Waals surface area contributed by atoms with Crippen LogP contribution in [0.1, 0.15) is 37.4 Å². The molecule has 2 unspecified atom stereocenters. The molecular formula is C16H24N2O3. The summed E-state index contributed by atoms with van der Waals surface area (Å²) in [5.74, 6) is -1.08. The van der Waals surface area contributed by atoms with E-state index in [1.807, 2.05) is 38.1 Å². The Morgan fingerprint density at radius 3 is 2.48 bits per heavy atom. The highest BCUT2D eigenvalue weighted by molar-refractivity contribution is 5.80. The molecule has 0 fully saturated rings. The van der Waals surface area contributed by atoms with Gasteiger partial charge in [-0.05, 0) is 38.4 Å². The standard InChI is InChI=1S/C16H24N2O3/c1-5-14(16(20)21)18(4)10-15(19)17-12(3)13-9-7-6-8-11(13)2/h6-9,12,14H,5,10H2,1-4H3,(H,17,19)(H,20,21). The molecule has 21 heavy (non-hydrogen) atoms. The average molecular weight is 292 g/mol. The van der Waals surface area contributed by atoms with E-state index in [1.165, 1.54) is 0 Å². The molecule has 0 aliphatic rings. The smallest absolute Gasteiger partial charge is 0.320 e. The number of aryl methyl sites for hydroxylation is 1. The Morgan fingerprint density at radius 1 is 1.33 bits per heavy atom. The summed E-state index contributed by atoms with van der Waals surface area (Å²) in [4.78, 5) is 24.7. The van der Waals surface area contributed by atoms with E-state index < -0.39 is 12.0 Å². The number of carbonyl (C=O) groups excluding carboxylic acids is 1. The van der Waals surface area contributed by atoms with Crippen LogP contribution in [0.25, 0.3) is 0 Å². The minimum atomic E-state index is -0.903. The van der Waals surface area contributed by atoms with Crippen molar-refractivity contribution in [1.82, 2.24) is 10.2 Å². The third-order valence-electron chi connectivity index (χ3n) is 3.63. The van der Waals surface area contributed by atoms with Crippen molar-refractivity contribution in [3.63, 3.8) is 0 Å². The van der Waals surface area contributed by atoms with Crippen LogP contribution in [0, 0.1) is 6.92 Å². The quantitative estimate of drug-likeness (QED) is 0.806. The lowest BCUT2D eigenvalue weighted by Crippen LogP contribution is -2.44. The third kappa shape index (κ3) is 4.86. The molecule has 0 saturated heterocycles. The maximum Gasteiger partial charge on any atom is 0.320 e. The lowest BCUT2D eigenvalue weighted by Gasteiger charge is -2.24. The van der Waals surface area contributed by atoms with Gasteiger partial charge in [-0.1, -0.05) is 31.2 Å². The number of nitrogens with zero attached hydrogens (tertiary/aromatic N) is 1. The zero-order chi connectivity index (χ0) is 16.0. The number of carboxylic acid groups (broad SMARTS) is 1. The van der Waals surface area contributed by atoms with Crippen LogP contribution in [0.3, 0.4) is 0 Å². The SMILES string of the molecule is CCC(C(=O)O)N(C)CC(=O)NC(C)c1ccccc1C. The van der Waals surface area contributed by atoms with Gasteiger partial charge in [0.1, 0.15) is 6.04 Å². The molecule has 5 nitrogen and oxygen atoms in total. The largest absolute Gasteiger partial charge is 0.480 e. The molecule has 0 aliphatic heterocycles. The van der Waals surface area contributed by atoms with Gasteiger partial charge in [-0.25, -0.2) is 0 Å². The Bertz CT molecular complexity index is 502. The fourth-order valence-corrected chi connectivity index (χ4v) is 2.45. The van der Waals surface area contributed by atoms with Gasteiger partial charge in [-0.15, -0.1) is 0 Å². The highest BCUT2D eigenvalue weighted by Crippen LogP contribution is 2.16. The van der Waals surface area contributed by atoms with Crippen molar-refractivity contribution in [2.45, 2.75) is 39.3 Å². The van der Waals surface area contributed by atoms with Gasteiger partial charge in [0, 0.05) is 0 Å². The molecule has 1 amide bonds. The van der Waals surface area contributed by atoms with Gasteiger partial charge < -0.3 is 10.4 Å². The monoisotopic (exact) mass is 292 g/mol. The number of aliphatic carboxylic acids is 1. The van der Waals surface area contributed by atoms with Gasteiger partial charge >= 0.3 is 5.97 Å². The van der Waals surface area contributed by atoms with E-state index in [2.05, 4.69) is 5.32 Å². The Kier molecular flexibility index (Phi) is 6.37. The number of nitrogens with one attached hydrogen (secondary N) is 1. The number of rotatable bonds is 7. The number of amides is 1. The van der Waals surface area contributed by atoms with Gasteiger partial charge in [0.2, 0.25) is 5.91 Å². The topological polar surface area (TPSA) is 69.6 Å². The molecular weight excluding hydrogens is 268 g/mol. The molecule has 1 rings (SSSR count). The predicted molar refractivity (Wildman–Crippen MR) is 82.1 cm³/mol. The Hall–Kier alpha value is -1.88. The number of carboxylic acids is 1. The molecule has 0 bridgehead atoms. The van der Waals surface area contributed by atoms with Crippen molar-refractivity contribution in [3.05, 3.63) is 35.4 Å². The van der Waals surface area contributed by atoms with Gasteiger partial charge in [-0.2, -0.15) is 0 Å². The van der Waals surface area contributed by atoms with Crippen LogP contribution in [0.15, 0.2) is 24.3 Å². The first kappa shape index (κ1) is 17.2. The Morgan fingerprint density at radius 2 is 1.95 bits per heavy atom. The van der Waals surface area contributed by atoms with Gasteiger partial charge in [0.15, 0.2) is 0 Å². The summed E-state index contributed by atoms with van der Waals surface area (Å²) in [7, 11) is 1.65. The summed E-state index contributed by atoms with van der Waals surface area (Å²) in [6, 6.07) is 7.15. The lowest BCUT2D eigenvalue weighted by molar-refractivity contribution is -0.143. The molecule has 0 aliphatic carbocycles. The summed E-state index contributed by atoms with van der Waals surface area (Å²) < 4.78 is 0. The van der Waals surface area contributed by atoms with Crippen LogP contribution >= 0.6 is 0 Å². The number of likely N-dealkylation sites (N-methyl/N-ethyl adjacent to an activating group) is 1. The second-order valence-electron chi connectivity index (χ2n) is 5.32. The average Bonchev–Trinajstić information content (AvgIpc) is 2.38. The van der Waals surface area contributed by atoms with Crippen LogP contribution in [-0.2, 0) is 9.59 Å². The highest BCUT2D eigenvalue weighted by atomic mass is 16.4. The van der Waals surface area contributed by atoms with Gasteiger partial charge in [0.05, 0.1) is 12.6 Å². The van der Waals surface area contributed by atoms with Crippen LogP contribution in [0.2, 0.25) is 0 Å². The minimum absolute atomic E-state index is 0.0705. The fraction of sp³-hybridized carbons (Fsp3) is 0.500. The van der Waals surface area contributed by atoms with E-state index in [0.717, 1.165) is 11.1 Å². The summed E-state index contributed by atoms with van der Waals surface area (Å²) >= 11 is 0. The summed E-state index contributed by atoms with van der Waals surface area (Å²) in [6.07, 6.45) is 0.465. The van der Waals surface area contributed by atoms with Crippen molar-refractivity contribution >= 4 is 11.9 Å². The highest BCUT2D eigenvalue weighted by Gasteiger charge is 2.22. The van der Waals surface area contributed by atoms with Crippen LogP contribution < -0.4 is 5.32 Å². The molecule has 2 atom stereocenters. The number of carbonyl (C=O) groups is 2. The predicted octanol–water partition coefficient (Wildman–Crippen LogP) is 1.97. The number of hydrogen-bond donors (Lipinski definition) is 2. The zero-order valence-corrected chi connectivity index (χ0v) is 13.1. The van der Waals surface area contributed by atoms with Crippen molar-refractivity contribution in [1.29, 1.82) is 0 Å². The maximum atomic E-state index is 12.0. The molecule has 2 N–H and O–H groups in total. The Labute approximate surface area is 126 Å². The van der Waals surface area contributed by atoms with E-state index in [-0.39, 0.29) is 18.5 Å². The molecule has 1 aromatic carbocycles. The minimum Gasteiger partial charge on any atom is -0.480 e. The second kappa shape index (κ2) is 7.78. The molecule has 5 heteroatoms. The molecule has 0 aromatic heterocycles. The summed E-state index contributed by atoms with van der Waals surface area (Å²) in [5, 5.41) is 12.0. The second-order valence-corrected chi connectivity index (χ2v) is 5.32. The van der Waals surface area contributed by atoms with E-state index >= 15 is 0 Å². The van der Waals surface area contributed by atoms with Crippen molar-refractivity contribution < 1.29 is 14.7 Å². The first-order valence-corrected chi connectivity index (χ1v) is 7.14. The molecule has 116 valence electrons. The first-order valence-electron chi connectivity index (χ1n) is 7.14. The normalized spacial score (nSPS) is 13.8. The zero-order valence-electron chi connectivity index (χ0n) is 13.1. The summed E-state index contributed by atoms with van der Waals surface area (Å²) in [6.45, 7) is 5.79. The molecule has 0 saturated carbocycles. The van der Waals surface area contributed by atoms with Crippen LogP contribution in [0.5, 0.6) is 0 Å². The molecule has 1 aromatic rings. The lowest BCUT2D eigenvalue weighted by atomic mass is 10.0. The van der Waals surface area contributed by atoms with E-state index in [1.54, 1.807) is 18.9 Å². The van der Waals surface area contributed by atoms with Gasteiger partial charge in [0.25, 0.3) is 0 Å². The molecule has 0 spiro atoms. The fourth-order valence-electron chi connectivity index (χ4n) is 2.45. The number of hydrogen-bond acceptors (Lipinski definition) is 3. The van der Waals surface area contributed by atoms with E-state index in [4.69, 9.17) is 5.11 Å². The third-order valence-corrected chi connectivity index (χ3v) is 3.63. The summed E-state index contributed by atoms with van der Waals surface area (Å²) in [5.41, 5.74) is 2.19. The van der Waals surface area contributed by atoms with Crippen LogP contribution in [-0.4, -0.2) is 41.5 Å². The molecule has 0 heterocycles.